The van der Waals surface area contributed by atoms with Crippen LogP contribution >= 0.6 is 0 Å². The van der Waals surface area contributed by atoms with E-state index in [2.05, 4.69) is 6.58 Å². The normalized spacial score (nSPS) is 18.8. The molecule has 0 aliphatic heterocycles. The minimum Gasteiger partial charge on any atom is -0.509 e. The third kappa shape index (κ3) is 5.46. The molecule has 1 rings (SSSR count). The number of benzene rings is 1. The maximum atomic E-state index is 9.89. The number of hydrogen-bond acceptors (Lipinski definition) is 6. The Hall–Kier alpha value is -1.70. The van der Waals surface area contributed by atoms with E-state index in [1.807, 2.05) is 19.1 Å². The first-order chi connectivity index (χ1) is 10.8. The van der Waals surface area contributed by atoms with E-state index in [4.69, 9.17) is 0 Å². The molecule has 1 aromatic carbocycles. The van der Waals surface area contributed by atoms with E-state index in [-0.39, 0.29) is 6.42 Å². The van der Waals surface area contributed by atoms with Gasteiger partial charge in [0, 0.05) is 0 Å². The van der Waals surface area contributed by atoms with Crippen molar-refractivity contribution in [2.24, 2.45) is 0 Å². The summed E-state index contributed by atoms with van der Waals surface area (Å²) < 4.78 is 0. The summed E-state index contributed by atoms with van der Waals surface area (Å²) in [5, 5.41) is 58.7. The molecule has 6 N–H and O–H groups in total. The van der Waals surface area contributed by atoms with Crippen LogP contribution in [0, 0.1) is 6.92 Å². The van der Waals surface area contributed by atoms with Gasteiger partial charge in [0.15, 0.2) is 0 Å². The van der Waals surface area contributed by atoms with E-state index >= 15 is 0 Å². The summed E-state index contributed by atoms with van der Waals surface area (Å²) in [5.74, 6) is -0.564. The van der Waals surface area contributed by atoms with E-state index in [1.165, 1.54) is 12.2 Å². The molecule has 5 unspecified atom stereocenters. The average Bonchev–Trinajstić information content (AvgIpc) is 2.54. The molecule has 0 aliphatic carbocycles. The largest absolute Gasteiger partial charge is 0.509 e. The molecule has 0 aromatic heterocycles. The minimum atomic E-state index is -1.87. The highest BCUT2D eigenvalue weighted by atomic mass is 16.4. The Morgan fingerprint density at radius 3 is 2.09 bits per heavy atom. The molecule has 6 nitrogen and oxygen atoms in total. The molecule has 0 heterocycles. The summed E-state index contributed by atoms with van der Waals surface area (Å²) in [6.45, 7) is 5.29. The Kier molecular flexibility index (Phi) is 7.41. The van der Waals surface area contributed by atoms with Crippen LogP contribution in [-0.4, -0.2) is 61.2 Å². The van der Waals surface area contributed by atoms with Crippen LogP contribution in [0.15, 0.2) is 42.7 Å². The van der Waals surface area contributed by atoms with Gasteiger partial charge in [0.1, 0.15) is 30.2 Å². The highest BCUT2D eigenvalue weighted by molar-refractivity contribution is 5.52. The predicted octanol–water partition coefficient (Wildman–Crippen LogP) is 0.275. The second-order valence-electron chi connectivity index (χ2n) is 5.49. The van der Waals surface area contributed by atoms with Crippen LogP contribution in [0.1, 0.15) is 17.5 Å². The molecule has 6 heteroatoms. The van der Waals surface area contributed by atoms with Gasteiger partial charge in [0.05, 0.1) is 6.10 Å². The zero-order valence-electron chi connectivity index (χ0n) is 12.9. The molecule has 0 aliphatic rings. The van der Waals surface area contributed by atoms with E-state index in [1.54, 1.807) is 12.1 Å². The van der Waals surface area contributed by atoms with Crippen LogP contribution in [0.25, 0.3) is 6.08 Å². The molecule has 0 radical (unpaired) electrons. The number of aliphatic hydroxyl groups is 6. The first kappa shape index (κ1) is 19.3. The predicted molar refractivity (Wildman–Crippen MR) is 86.6 cm³/mol. The van der Waals surface area contributed by atoms with Crippen molar-refractivity contribution < 1.29 is 30.6 Å². The lowest BCUT2D eigenvalue weighted by molar-refractivity contribution is -0.131. The van der Waals surface area contributed by atoms with E-state index in [0.717, 1.165) is 5.56 Å². The second-order valence-corrected chi connectivity index (χ2v) is 5.49. The van der Waals surface area contributed by atoms with Gasteiger partial charge in [-0.25, -0.2) is 0 Å². The Bertz CT molecular complexity index is 524. The maximum Gasteiger partial charge on any atom is 0.139 e. The lowest BCUT2D eigenvalue weighted by atomic mass is 9.96. The molecule has 1 aromatic rings. The molecule has 5 atom stereocenters. The van der Waals surface area contributed by atoms with Crippen molar-refractivity contribution in [1.82, 2.24) is 0 Å². The van der Waals surface area contributed by atoms with Gasteiger partial charge >= 0.3 is 0 Å². The van der Waals surface area contributed by atoms with Gasteiger partial charge in [-0.2, -0.15) is 0 Å². The van der Waals surface area contributed by atoms with Gasteiger partial charge in [0.2, 0.25) is 0 Å². The number of aliphatic hydroxyl groups excluding tert-OH is 6. The molecule has 0 saturated carbocycles. The Labute approximate surface area is 135 Å². The zero-order chi connectivity index (χ0) is 17.6. The summed E-state index contributed by atoms with van der Waals surface area (Å²) >= 11 is 0. The van der Waals surface area contributed by atoms with Crippen LogP contribution in [-0.2, 0) is 0 Å². The van der Waals surface area contributed by atoms with Crippen molar-refractivity contribution in [3.05, 3.63) is 53.8 Å². The molecule has 128 valence electrons. The Morgan fingerprint density at radius 2 is 1.57 bits per heavy atom. The average molecular weight is 324 g/mol. The van der Waals surface area contributed by atoms with Crippen molar-refractivity contribution in [1.29, 1.82) is 0 Å². The Morgan fingerprint density at radius 1 is 1.00 bits per heavy atom. The molecule has 0 saturated heterocycles. The number of rotatable bonds is 8. The maximum absolute atomic E-state index is 9.89. The molecule has 0 fully saturated rings. The van der Waals surface area contributed by atoms with Gasteiger partial charge in [-0.05, 0) is 25.0 Å². The van der Waals surface area contributed by atoms with Crippen LogP contribution in [0.2, 0.25) is 0 Å². The van der Waals surface area contributed by atoms with E-state index in [0.29, 0.717) is 5.56 Å². The molecule has 0 spiro atoms. The van der Waals surface area contributed by atoms with Crippen LogP contribution in [0.5, 0.6) is 0 Å². The fraction of sp³-hybridized carbons (Fsp3) is 0.412. The van der Waals surface area contributed by atoms with Crippen LogP contribution in [0.3, 0.4) is 0 Å². The summed E-state index contributed by atoms with van der Waals surface area (Å²) in [7, 11) is 0. The van der Waals surface area contributed by atoms with Gasteiger partial charge in [0.25, 0.3) is 0 Å². The van der Waals surface area contributed by atoms with Gasteiger partial charge in [-0.1, -0.05) is 35.9 Å². The lowest BCUT2D eigenvalue weighted by Crippen LogP contribution is -2.49. The molecular weight excluding hydrogens is 300 g/mol. The molecule has 0 amide bonds. The van der Waals surface area contributed by atoms with E-state index < -0.39 is 36.3 Å². The van der Waals surface area contributed by atoms with Crippen molar-refractivity contribution in [3.8, 4) is 0 Å². The highest BCUT2D eigenvalue weighted by Crippen LogP contribution is 2.16. The van der Waals surface area contributed by atoms with Crippen LogP contribution < -0.4 is 0 Å². The monoisotopic (exact) mass is 324 g/mol. The molecular formula is C17H24O6. The van der Waals surface area contributed by atoms with Crippen molar-refractivity contribution in [2.45, 2.75) is 43.9 Å². The highest BCUT2D eigenvalue weighted by Gasteiger charge is 2.35. The third-order valence-corrected chi connectivity index (χ3v) is 3.52. The summed E-state index contributed by atoms with van der Waals surface area (Å²) in [6.07, 6.45) is -5.95. The molecule has 0 bridgehead atoms. The fourth-order valence-corrected chi connectivity index (χ4v) is 2.02. The fourth-order valence-electron chi connectivity index (χ4n) is 2.02. The number of hydrogen-bond donors (Lipinski definition) is 6. The zero-order valence-corrected chi connectivity index (χ0v) is 12.9. The summed E-state index contributed by atoms with van der Waals surface area (Å²) in [4.78, 5) is 0. The van der Waals surface area contributed by atoms with Crippen molar-refractivity contribution >= 4 is 6.08 Å². The quantitative estimate of drug-likeness (QED) is 0.302. The summed E-state index contributed by atoms with van der Waals surface area (Å²) in [5.41, 5.74) is 1.62. The first-order valence-corrected chi connectivity index (χ1v) is 7.26. The van der Waals surface area contributed by atoms with Gasteiger partial charge in [-0.3, -0.25) is 0 Å². The van der Waals surface area contributed by atoms with Crippen LogP contribution in [0.4, 0.5) is 0 Å². The van der Waals surface area contributed by atoms with E-state index in [9.17, 15) is 30.6 Å². The third-order valence-electron chi connectivity index (χ3n) is 3.52. The lowest BCUT2D eigenvalue weighted by Gasteiger charge is -2.28. The summed E-state index contributed by atoms with van der Waals surface area (Å²) in [6, 6.07) is 7.05. The SMILES string of the molecule is C=CCC(O)C(O)C(O)C(O)C(O)C(O)=Cc1ccc(C)cc1. The number of aryl methyl sites for hydroxylation is 1. The smallest absolute Gasteiger partial charge is 0.139 e. The van der Waals surface area contributed by atoms with Gasteiger partial charge in [-0.15, -0.1) is 6.58 Å². The van der Waals surface area contributed by atoms with Gasteiger partial charge < -0.3 is 30.6 Å². The topological polar surface area (TPSA) is 121 Å². The second kappa shape index (κ2) is 8.81. The standard InChI is InChI=1S/C17H24O6/c1-3-4-12(18)14(20)16(22)17(23)15(21)13(19)9-11-7-5-10(2)6-8-11/h3,5-9,12,14-23H,1,4H2,2H3. The van der Waals surface area contributed by atoms with Crippen molar-refractivity contribution in [2.75, 3.05) is 0 Å². The minimum absolute atomic E-state index is 0.00618. The Balaban J connectivity index is 2.79. The first-order valence-electron chi connectivity index (χ1n) is 7.26. The van der Waals surface area contributed by atoms with Crippen molar-refractivity contribution in [3.63, 3.8) is 0 Å². The molecule has 23 heavy (non-hydrogen) atoms.